The molecule has 10 nitrogen and oxygen atoms in total. The number of carbonyl (C=O) groups is 2. The summed E-state index contributed by atoms with van der Waals surface area (Å²) in [5.74, 6) is -1.40. The summed E-state index contributed by atoms with van der Waals surface area (Å²) in [6.45, 7) is -0.182. The predicted molar refractivity (Wildman–Crippen MR) is 129 cm³/mol. The van der Waals surface area contributed by atoms with Crippen LogP contribution in [0.25, 0.3) is 10.2 Å². The average molecular weight is 528 g/mol. The Morgan fingerprint density at radius 2 is 2.03 bits per heavy atom. The van der Waals surface area contributed by atoms with Crippen LogP contribution in [-0.2, 0) is 6.61 Å². The van der Waals surface area contributed by atoms with Crippen LogP contribution >= 0.6 is 11.3 Å². The molecule has 1 aliphatic carbocycles. The number of nitrogens with zero attached hydrogens (tertiary/aromatic N) is 2. The number of nitrogens with one attached hydrogen (secondary N) is 1. The molecule has 0 spiro atoms. The number of primary amides is 1. The van der Waals surface area contributed by atoms with Crippen LogP contribution in [0.2, 0.25) is 0 Å². The van der Waals surface area contributed by atoms with Crippen LogP contribution in [-0.4, -0.2) is 21.7 Å². The number of nitrogens with two attached hydrogens (primary N) is 1. The van der Waals surface area contributed by atoms with Crippen molar-refractivity contribution in [3.63, 3.8) is 0 Å². The van der Waals surface area contributed by atoms with Crippen LogP contribution in [0.1, 0.15) is 62.4 Å². The SMILES string of the molecule is NC(=O)c1sc2nc(C(F)F)cc(C3CC3)c2c1NC(=O)c1ccc(COc2ccccc2[N+](=O)[O-])o1. The van der Waals surface area contributed by atoms with Crippen LogP contribution in [0, 0.1) is 10.1 Å². The van der Waals surface area contributed by atoms with E-state index in [9.17, 15) is 28.5 Å². The van der Waals surface area contributed by atoms with Crippen molar-refractivity contribution in [2.24, 2.45) is 5.73 Å². The Hall–Kier alpha value is -4.39. The zero-order chi connectivity index (χ0) is 26.3. The van der Waals surface area contributed by atoms with E-state index in [1.54, 1.807) is 6.07 Å². The number of alkyl halides is 2. The number of benzene rings is 1. The lowest BCUT2D eigenvalue weighted by Gasteiger charge is -2.09. The fourth-order valence-electron chi connectivity index (χ4n) is 3.90. The van der Waals surface area contributed by atoms with Crippen molar-refractivity contribution in [1.29, 1.82) is 0 Å². The van der Waals surface area contributed by atoms with Crippen molar-refractivity contribution in [3.8, 4) is 5.75 Å². The van der Waals surface area contributed by atoms with Gasteiger partial charge in [0.05, 0.1) is 10.6 Å². The van der Waals surface area contributed by atoms with Gasteiger partial charge in [-0.2, -0.15) is 0 Å². The number of rotatable bonds is 9. The normalized spacial score (nSPS) is 13.2. The standard InChI is InChI=1S/C24H18F2N4O6S/c25-21(26)14-9-13(11-5-6-11)18-19(20(22(27)31)37-24(18)28-14)29-23(32)17-8-7-12(36-17)10-35-16-4-2-1-3-15(16)30(33)34/h1-4,7-9,11,21H,5-6,10H2,(H2,27,31)(H,29,32). The number of nitro benzene ring substituents is 1. The van der Waals surface area contributed by atoms with Gasteiger partial charge in [0.2, 0.25) is 0 Å². The summed E-state index contributed by atoms with van der Waals surface area (Å²) in [6, 6.07) is 9.98. The molecular formula is C24H18F2N4O6S. The van der Waals surface area contributed by atoms with Gasteiger partial charge in [0, 0.05) is 11.5 Å². The number of hydrogen-bond donors (Lipinski definition) is 2. The second-order valence-electron chi connectivity index (χ2n) is 8.30. The van der Waals surface area contributed by atoms with Crippen LogP contribution in [0.5, 0.6) is 5.75 Å². The topological polar surface area (TPSA) is 151 Å². The molecule has 0 saturated heterocycles. The number of anilines is 1. The molecule has 37 heavy (non-hydrogen) atoms. The number of furan rings is 1. The zero-order valence-electron chi connectivity index (χ0n) is 18.9. The Balaban J connectivity index is 1.41. The predicted octanol–water partition coefficient (Wildman–Crippen LogP) is 5.54. The van der Waals surface area contributed by atoms with Crippen LogP contribution in [0.15, 0.2) is 46.9 Å². The van der Waals surface area contributed by atoms with E-state index in [0.717, 1.165) is 24.2 Å². The molecule has 0 bridgehead atoms. The van der Waals surface area contributed by atoms with Crippen molar-refractivity contribution < 1.29 is 32.4 Å². The Morgan fingerprint density at radius 3 is 2.70 bits per heavy atom. The van der Waals surface area contributed by atoms with Gasteiger partial charge in [-0.3, -0.25) is 19.7 Å². The number of para-hydroxylation sites is 2. The number of thiophene rings is 1. The first-order chi connectivity index (χ1) is 17.7. The molecular weight excluding hydrogens is 510 g/mol. The molecule has 13 heteroatoms. The lowest BCUT2D eigenvalue weighted by Crippen LogP contribution is -2.16. The molecule has 1 saturated carbocycles. The van der Waals surface area contributed by atoms with Crippen molar-refractivity contribution in [2.75, 3.05) is 5.32 Å². The van der Waals surface area contributed by atoms with E-state index in [1.807, 2.05) is 0 Å². The molecule has 3 heterocycles. The molecule has 3 aromatic heterocycles. The van der Waals surface area contributed by atoms with Gasteiger partial charge in [0.1, 0.15) is 27.8 Å². The first kappa shape index (κ1) is 24.3. The van der Waals surface area contributed by atoms with Gasteiger partial charge in [-0.25, -0.2) is 13.8 Å². The summed E-state index contributed by atoms with van der Waals surface area (Å²) in [4.78, 5) is 39.9. The minimum absolute atomic E-state index is 0.0170. The molecule has 1 fully saturated rings. The highest BCUT2D eigenvalue weighted by atomic mass is 32.1. The Kier molecular flexibility index (Phi) is 6.29. The van der Waals surface area contributed by atoms with Crippen molar-refractivity contribution in [2.45, 2.75) is 31.8 Å². The van der Waals surface area contributed by atoms with E-state index in [4.69, 9.17) is 14.9 Å². The smallest absolute Gasteiger partial charge is 0.310 e. The fraction of sp³-hybridized carbons (Fsp3) is 0.208. The van der Waals surface area contributed by atoms with E-state index in [1.165, 1.54) is 36.4 Å². The van der Waals surface area contributed by atoms with Crippen LogP contribution in [0.4, 0.5) is 20.2 Å². The molecule has 0 atom stereocenters. The van der Waals surface area contributed by atoms with Gasteiger partial charge < -0.3 is 20.2 Å². The summed E-state index contributed by atoms with van der Waals surface area (Å²) in [5.41, 5.74) is 5.58. The molecule has 4 aromatic rings. The molecule has 0 aliphatic heterocycles. The fourth-order valence-corrected chi connectivity index (χ4v) is 4.92. The van der Waals surface area contributed by atoms with Gasteiger partial charge in [0.15, 0.2) is 11.5 Å². The summed E-state index contributed by atoms with van der Waals surface area (Å²) >= 11 is 0.835. The average Bonchev–Trinajstić information content (AvgIpc) is 3.49. The first-order valence-corrected chi connectivity index (χ1v) is 11.9. The molecule has 3 N–H and O–H groups in total. The lowest BCUT2D eigenvalue weighted by molar-refractivity contribution is -0.386. The zero-order valence-corrected chi connectivity index (χ0v) is 19.7. The summed E-state index contributed by atoms with van der Waals surface area (Å²) in [7, 11) is 0. The summed E-state index contributed by atoms with van der Waals surface area (Å²) in [5, 5.41) is 14.2. The van der Waals surface area contributed by atoms with E-state index in [0.29, 0.717) is 10.9 Å². The summed E-state index contributed by atoms with van der Waals surface area (Å²) < 4.78 is 37.8. The number of pyridine rings is 1. The van der Waals surface area contributed by atoms with Gasteiger partial charge in [0.25, 0.3) is 18.2 Å². The maximum atomic E-state index is 13.4. The number of halogens is 2. The van der Waals surface area contributed by atoms with Crippen LogP contribution < -0.4 is 15.8 Å². The highest BCUT2D eigenvalue weighted by Gasteiger charge is 2.32. The number of ether oxygens (including phenoxy) is 1. The van der Waals surface area contributed by atoms with E-state index in [-0.39, 0.29) is 50.9 Å². The molecule has 1 aromatic carbocycles. The van der Waals surface area contributed by atoms with Crippen LogP contribution in [0.3, 0.4) is 0 Å². The van der Waals surface area contributed by atoms with E-state index < -0.39 is 28.9 Å². The van der Waals surface area contributed by atoms with Crippen molar-refractivity contribution in [1.82, 2.24) is 4.98 Å². The third kappa shape index (κ3) is 4.85. The Bertz CT molecular complexity index is 1550. The van der Waals surface area contributed by atoms with Gasteiger partial charge in [-0.1, -0.05) is 12.1 Å². The third-order valence-corrected chi connectivity index (χ3v) is 6.83. The molecule has 1 aliphatic rings. The quantitative estimate of drug-likeness (QED) is 0.214. The van der Waals surface area contributed by atoms with Crippen molar-refractivity contribution in [3.05, 3.63) is 80.2 Å². The number of carbonyl (C=O) groups excluding carboxylic acids is 2. The number of fused-ring (bicyclic) bond motifs is 1. The highest BCUT2D eigenvalue weighted by Crippen LogP contribution is 2.48. The largest absolute Gasteiger partial charge is 0.479 e. The number of nitro groups is 1. The molecule has 5 rings (SSSR count). The van der Waals surface area contributed by atoms with Gasteiger partial charge >= 0.3 is 5.69 Å². The monoisotopic (exact) mass is 528 g/mol. The Labute approximate surface area is 211 Å². The molecule has 0 radical (unpaired) electrons. The minimum atomic E-state index is -2.79. The third-order valence-electron chi connectivity index (χ3n) is 5.73. The molecule has 0 unspecified atom stereocenters. The summed E-state index contributed by atoms with van der Waals surface area (Å²) in [6.07, 6.45) is -1.21. The second-order valence-corrected chi connectivity index (χ2v) is 9.29. The van der Waals surface area contributed by atoms with Gasteiger partial charge in [-0.15, -0.1) is 11.3 Å². The minimum Gasteiger partial charge on any atom is -0.479 e. The maximum Gasteiger partial charge on any atom is 0.310 e. The van der Waals surface area contributed by atoms with Gasteiger partial charge in [-0.05, 0) is 48.6 Å². The maximum absolute atomic E-state index is 13.4. The second kappa shape index (κ2) is 9.58. The van der Waals surface area contributed by atoms with Crippen molar-refractivity contribution >= 4 is 44.7 Å². The van der Waals surface area contributed by atoms with E-state index in [2.05, 4.69) is 10.3 Å². The first-order valence-electron chi connectivity index (χ1n) is 11.0. The Morgan fingerprint density at radius 1 is 1.27 bits per heavy atom. The number of aromatic nitrogens is 1. The molecule has 190 valence electrons. The van der Waals surface area contributed by atoms with E-state index >= 15 is 0 Å². The highest BCUT2D eigenvalue weighted by molar-refractivity contribution is 7.21. The number of amides is 2. The number of hydrogen-bond acceptors (Lipinski definition) is 8. The lowest BCUT2D eigenvalue weighted by atomic mass is 10.0. The molecule has 2 amide bonds.